The molecule has 0 spiro atoms. The van der Waals surface area contributed by atoms with Gasteiger partial charge in [-0.05, 0) is 33.2 Å². The molecule has 25 heavy (non-hydrogen) atoms. The molecule has 0 aliphatic heterocycles. The standard InChI is InChI=1S/C22H17NO2/c24-23-14-21-20-11-4-2-7-17(20)12-13-22(21)25-15-18-9-5-8-16-6-1-3-10-19(16)18/h1-14,24H,15H2. The molecule has 3 heteroatoms. The van der Waals surface area contributed by atoms with Crippen molar-refractivity contribution in [3.05, 3.63) is 90.0 Å². The molecule has 0 fully saturated rings. The van der Waals surface area contributed by atoms with E-state index >= 15 is 0 Å². The highest BCUT2D eigenvalue weighted by Gasteiger charge is 2.08. The Morgan fingerprint density at radius 1 is 0.760 bits per heavy atom. The minimum Gasteiger partial charge on any atom is -0.488 e. The molecule has 0 heterocycles. The maximum atomic E-state index is 9.04. The number of oxime groups is 1. The summed E-state index contributed by atoms with van der Waals surface area (Å²) in [4.78, 5) is 0. The fourth-order valence-corrected chi connectivity index (χ4v) is 3.17. The average Bonchev–Trinajstić information content (AvgIpc) is 2.67. The summed E-state index contributed by atoms with van der Waals surface area (Å²) >= 11 is 0. The van der Waals surface area contributed by atoms with E-state index in [1.807, 2.05) is 54.6 Å². The monoisotopic (exact) mass is 327 g/mol. The zero-order valence-electron chi connectivity index (χ0n) is 13.6. The van der Waals surface area contributed by atoms with Crippen molar-refractivity contribution in [2.24, 2.45) is 5.16 Å². The summed E-state index contributed by atoms with van der Waals surface area (Å²) < 4.78 is 6.09. The van der Waals surface area contributed by atoms with Crippen molar-refractivity contribution in [2.45, 2.75) is 6.61 Å². The molecule has 0 radical (unpaired) electrons. The van der Waals surface area contributed by atoms with Gasteiger partial charge in [-0.1, -0.05) is 78.0 Å². The van der Waals surface area contributed by atoms with E-state index in [2.05, 4.69) is 29.4 Å². The molecule has 0 unspecified atom stereocenters. The highest BCUT2D eigenvalue weighted by molar-refractivity contribution is 6.02. The molecule has 0 atom stereocenters. The molecular weight excluding hydrogens is 310 g/mol. The number of benzene rings is 4. The molecule has 4 aromatic rings. The van der Waals surface area contributed by atoms with Crippen LogP contribution in [0.4, 0.5) is 0 Å². The van der Waals surface area contributed by atoms with Crippen molar-refractivity contribution < 1.29 is 9.94 Å². The van der Waals surface area contributed by atoms with Crippen LogP contribution in [0.3, 0.4) is 0 Å². The lowest BCUT2D eigenvalue weighted by molar-refractivity contribution is 0.306. The van der Waals surface area contributed by atoms with Crippen LogP contribution in [0.5, 0.6) is 5.75 Å². The van der Waals surface area contributed by atoms with Gasteiger partial charge in [0.15, 0.2) is 0 Å². The van der Waals surface area contributed by atoms with Crippen molar-refractivity contribution in [1.82, 2.24) is 0 Å². The number of hydrogen-bond donors (Lipinski definition) is 1. The van der Waals surface area contributed by atoms with Crippen LogP contribution >= 0.6 is 0 Å². The van der Waals surface area contributed by atoms with E-state index in [1.54, 1.807) is 0 Å². The van der Waals surface area contributed by atoms with Crippen LogP contribution in [0, 0.1) is 0 Å². The minimum atomic E-state index is 0.450. The molecule has 0 aliphatic rings. The summed E-state index contributed by atoms with van der Waals surface area (Å²) in [5.74, 6) is 0.699. The highest BCUT2D eigenvalue weighted by Crippen LogP contribution is 2.28. The predicted molar refractivity (Wildman–Crippen MR) is 102 cm³/mol. The largest absolute Gasteiger partial charge is 0.488 e. The first kappa shape index (κ1) is 15.2. The Balaban J connectivity index is 1.72. The molecule has 4 aromatic carbocycles. The zero-order chi connectivity index (χ0) is 17.1. The quantitative estimate of drug-likeness (QED) is 0.310. The lowest BCUT2D eigenvalue weighted by Gasteiger charge is -2.13. The van der Waals surface area contributed by atoms with Gasteiger partial charge in [0, 0.05) is 5.56 Å². The molecular formula is C22H17NO2. The molecule has 1 N–H and O–H groups in total. The van der Waals surface area contributed by atoms with Crippen molar-refractivity contribution in [3.8, 4) is 5.75 Å². The van der Waals surface area contributed by atoms with Crippen LogP contribution in [0.2, 0.25) is 0 Å². The van der Waals surface area contributed by atoms with Gasteiger partial charge >= 0.3 is 0 Å². The van der Waals surface area contributed by atoms with Crippen molar-refractivity contribution in [3.63, 3.8) is 0 Å². The summed E-state index contributed by atoms with van der Waals surface area (Å²) in [6.07, 6.45) is 1.43. The third-order valence-electron chi connectivity index (χ3n) is 4.38. The minimum absolute atomic E-state index is 0.450. The normalized spacial score (nSPS) is 11.4. The van der Waals surface area contributed by atoms with Gasteiger partial charge in [0.05, 0.1) is 6.21 Å². The van der Waals surface area contributed by atoms with Gasteiger partial charge in [0.1, 0.15) is 12.4 Å². The molecule has 4 rings (SSSR count). The smallest absolute Gasteiger partial charge is 0.129 e. The SMILES string of the molecule is ON=Cc1c(OCc2cccc3ccccc23)ccc2ccccc12. The number of rotatable bonds is 4. The first-order chi connectivity index (χ1) is 12.4. The fourth-order valence-electron chi connectivity index (χ4n) is 3.17. The van der Waals surface area contributed by atoms with Crippen LogP contribution in [-0.4, -0.2) is 11.4 Å². The topological polar surface area (TPSA) is 41.8 Å². The van der Waals surface area contributed by atoms with Gasteiger partial charge in [-0.25, -0.2) is 0 Å². The van der Waals surface area contributed by atoms with Gasteiger partial charge in [0.2, 0.25) is 0 Å². The molecule has 0 aromatic heterocycles. The Morgan fingerprint density at radius 2 is 1.44 bits per heavy atom. The van der Waals surface area contributed by atoms with Crippen molar-refractivity contribution in [1.29, 1.82) is 0 Å². The Kier molecular flexibility index (Phi) is 4.05. The number of nitrogens with zero attached hydrogens (tertiary/aromatic N) is 1. The lowest BCUT2D eigenvalue weighted by Crippen LogP contribution is -2.00. The molecule has 122 valence electrons. The van der Waals surface area contributed by atoms with Crippen molar-refractivity contribution in [2.75, 3.05) is 0 Å². The van der Waals surface area contributed by atoms with Gasteiger partial charge in [-0.2, -0.15) is 0 Å². The Bertz CT molecular complexity index is 1060. The van der Waals surface area contributed by atoms with Gasteiger partial charge < -0.3 is 9.94 Å². The van der Waals surface area contributed by atoms with Crippen LogP contribution in [-0.2, 0) is 6.61 Å². The highest BCUT2D eigenvalue weighted by atomic mass is 16.5. The molecule has 0 bridgehead atoms. The third kappa shape index (κ3) is 2.92. The number of hydrogen-bond acceptors (Lipinski definition) is 3. The first-order valence-electron chi connectivity index (χ1n) is 8.15. The zero-order valence-corrected chi connectivity index (χ0v) is 13.6. The van der Waals surface area contributed by atoms with Crippen LogP contribution < -0.4 is 4.74 Å². The van der Waals surface area contributed by atoms with Crippen LogP contribution in [0.1, 0.15) is 11.1 Å². The lowest BCUT2D eigenvalue weighted by atomic mass is 10.0. The molecule has 0 aliphatic carbocycles. The average molecular weight is 327 g/mol. The van der Waals surface area contributed by atoms with E-state index in [-0.39, 0.29) is 0 Å². The maximum Gasteiger partial charge on any atom is 0.129 e. The second-order valence-corrected chi connectivity index (χ2v) is 5.87. The molecule has 0 saturated carbocycles. The molecule has 0 amide bonds. The van der Waals surface area contributed by atoms with E-state index in [4.69, 9.17) is 9.94 Å². The molecule has 3 nitrogen and oxygen atoms in total. The van der Waals surface area contributed by atoms with E-state index < -0.39 is 0 Å². The van der Waals surface area contributed by atoms with E-state index in [1.165, 1.54) is 17.0 Å². The number of fused-ring (bicyclic) bond motifs is 2. The fraction of sp³-hybridized carbons (Fsp3) is 0.0455. The number of ether oxygens (including phenoxy) is 1. The first-order valence-corrected chi connectivity index (χ1v) is 8.15. The summed E-state index contributed by atoms with van der Waals surface area (Å²) in [5, 5.41) is 16.7. The van der Waals surface area contributed by atoms with Gasteiger partial charge in [0.25, 0.3) is 0 Å². The second-order valence-electron chi connectivity index (χ2n) is 5.87. The Morgan fingerprint density at radius 3 is 2.24 bits per heavy atom. The maximum absolute atomic E-state index is 9.04. The van der Waals surface area contributed by atoms with Crippen LogP contribution in [0.15, 0.2) is 84.0 Å². The molecule has 0 saturated heterocycles. The third-order valence-corrected chi connectivity index (χ3v) is 4.38. The van der Waals surface area contributed by atoms with Gasteiger partial charge in [-0.3, -0.25) is 0 Å². The Labute approximate surface area is 145 Å². The Hall–Kier alpha value is -3.33. The summed E-state index contributed by atoms with van der Waals surface area (Å²) in [7, 11) is 0. The summed E-state index contributed by atoms with van der Waals surface area (Å²) in [5.41, 5.74) is 1.90. The summed E-state index contributed by atoms with van der Waals surface area (Å²) in [6.45, 7) is 0.450. The second kappa shape index (κ2) is 6.65. The van der Waals surface area contributed by atoms with E-state index in [0.29, 0.717) is 12.4 Å². The van der Waals surface area contributed by atoms with Gasteiger partial charge in [-0.15, -0.1) is 0 Å². The van der Waals surface area contributed by atoms with E-state index in [0.717, 1.165) is 21.9 Å². The summed E-state index contributed by atoms with van der Waals surface area (Å²) in [6, 6.07) is 26.4. The van der Waals surface area contributed by atoms with Crippen molar-refractivity contribution >= 4 is 27.8 Å². The predicted octanol–water partition coefficient (Wildman–Crippen LogP) is 5.38. The van der Waals surface area contributed by atoms with Crippen LogP contribution in [0.25, 0.3) is 21.5 Å². The van der Waals surface area contributed by atoms with E-state index in [9.17, 15) is 0 Å².